The molecule has 0 unspecified atom stereocenters. The Morgan fingerprint density at radius 2 is 1.90 bits per heavy atom. The van der Waals surface area contributed by atoms with Crippen LogP contribution in [0.25, 0.3) is 0 Å². The highest BCUT2D eigenvalue weighted by molar-refractivity contribution is 5.98. The standard InChI is InChI=1S/C22H34N2O6/c1-27-13-4-3-10-24-11-8-22(26,9-12-24)16-23-21(25)17-6-7-18(28-2)20-19(17)29-14-5-15-30-20/h6-7,26H,3-5,8-16H2,1-2H3,(H,23,25). The van der Waals surface area contributed by atoms with Gasteiger partial charge in [-0.2, -0.15) is 0 Å². The number of methoxy groups -OCH3 is 2. The van der Waals surface area contributed by atoms with Gasteiger partial charge in [0.05, 0.1) is 31.5 Å². The first-order chi connectivity index (χ1) is 14.6. The summed E-state index contributed by atoms with van der Waals surface area (Å²) < 4.78 is 22.0. The number of carbonyl (C=O) groups is 1. The van der Waals surface area contributed by atoms with Crippen molar-refractivity contribution in [1.29, 1.82) is 0 Å². The number of benzene rings is 1. The molecule has 3 rings (SSSR count). The molecule has 30 heavy (non-hydrogen) atoms. The van der Waals surface area contributed by atoms with E-state index in [9.17, 15) is 9.90 Å². The third kappa shape index (κ3) is 5.77. The summed E-state index contributed by atoms with van der Waals surface area (Å²) in [4.78, 5) is 15.2. The van der Waals surface area contributed by atoms with Crippen molar-refractivity contribution in [3.63, 3.8) is 0 Å². The van der Waals surface area contributed by atoms with E-state index in [1.165, 1.54) is 0 Å². The van der Waals surface area contributed by atoms with Gasteiger partial charge in [0.2, 0.25) is 5.75 Å². The van der Waals surface area contributed by atoms with Gasteiger partial charge in [-0.05, 0) is 44.4 Å². The number of carbonyl (C=O) groups excluding carboxylic acids is 1. The largest absolute Gasteiger partial charge is 0.493 e. The van der Waals surface area contributed by atoms with Crippen LogP contribution in [-0.2, 0) is 4.74 Å². The molecule has 168 valence electrons. The normalized spacial score (nSPS) is 18.5. The van der Waals surface area contributed by atoms with Crippen LogP contribution in [0.15, 0.2) is 12.1 Å². The number of amides is 1. The molecule has 0 atom stereocenters. The molecule has 0 aliphatic carbocycles. The van der Waals surface area contributed by atoms with E-state index in [1.54, 1.807) is 26.4 Å². The number of nitrogens with zero attached hydrogens (tertiary/aromatic N) is 1. The lowest BCUT2D eigenvalue weighted by Crippen LogP contribution is -2.51. The van der Waals surface area contributed by atoms with Gasteiger partial charge in [0, 0.05) is 39.8 Å². The fourth-order valence-corrected chi connectivity index (χ4v) is 3.86. The van der Waals surface area contributed by atoms with E-state index in [1.807, 2.05) is 0 Å². The second-order valence-electron chi connectivity index (χ2n) is 7.97. The maximum absolute atomic E-state index is 12.9. The summed E-state index contributed by atoms with van der Waals surface area (Å²) in [6.07, 6.45) is 4.15. The molecule has 8 nitrogen and oxygen atoms in total. The molecule has 2 heterocycles. The Morgan fingerprint density at radius 3 is 2.60 bits per heavy atom. The van der Waals surface area contributed by atoms with Gasteiger partial charge < -0.3 is 34.3 Å². The van der Waals surface area contributed by atoms with Crippen molar-refractivity contribution in [2.45, 2.75) is 37.7 Å². The number of likely N-dealkylation sites (tertiary alicyclic amines) is 1. The molecule has 0 bridgehead atoms. The molecule has 1 aromatic rings. The van der Waals surface area contributed by atoms with Crippen LogP contribution in [-0.4, -0.2) is 81.7 Å². The molecule has 0 radical (unpaired) electrons. The molecule has 1 aromatic carbocycles. The predicted molar refractivity (Wildman–Crippen MR) is 113 cm³/mol. The molecule has 0 aromatic heterocycles. The van der Waals surface area contributed by atoms with Gasteiger partial charge >= 0.3 is 0 Å². The average molecular weight is 423 g/mol. The number of nitrogens with one attached hydrogen (secondary N) is 1. The van der Waals surface area contributed by atoms with Crippen LogP contribution in [0.1, 0.15) is 42.5 Å². The Bertz CT molecular complexity index is 703. The van der Waals surface area contributed by atoms with Crippen molar-refractivity contribution < 1.29 is 28.8 Å². The maximum Gasteiger partial charge on any atom is 0.255 e. The molecule has 2 aliphatic heterocycles. The van der Waals surface area contributed by atoms with Crippen molar-refractivity contribution in [2.75, 3.05) is 60.2 Å². The molecule has 2 N–H and O–H groups in total. The van der Waals surface area contributed by atoms with Gasteiger partial charge in [0.25, 0.3) is 5.91 Å². The van der Waals surface area contributed by atoms with Gasteiger partial charge in [0.1, 0.15) is 0 Å². The summed E-state index contributed by atoms with van der Waals surface area (Å²) in [6, 6.07) is 3.38. The van der Waals surface area contributed by atoms with Gasteiger partial charge in [-0.15, -0.1) is 0 Å². The number of hydrogen-bond acceptors (Lipinski definition) is 7. The minimum Gasteiger partial charge on any atom is -0.493 e. The highest BCUT2D eigenvalue weighted by atomic mass is 16.5. The number of fused-ring (bicyclic) bond motifs is 1. The summed E-state index contributed by atoms with van der Waals surface area (Å²) in [6.45, 7) is 4.66. The van der Waals surface area contributed by atoms with Gasteiger partial charge in [-0.3, -0.25) is 4.79 Å². The van der Waals surface area contributed by atoms with E-state index in [0.717, 1.165) is 45.5 Å². The zero-order valence-electron chi connectivity index (χ0n) is 18.1. The number of hydrogen-bond donors (Lipinski definition) is 2. The van der Waals surface area contributed by atoms with Gasteiger partial charge in [-0.25, -0.2) is 0 Å². The molecular weight excluding hydrogens is 388 g/mol. The van der Waals surface area contributed by atoms with E-state index in [4.69, 9.17) is 18.9 Å². The van der Waals surface area contributed by atoms with E-state index in [2.05, 4.69) is 10.2 Å². The maximum atomic E-state index is 12.9. The molecule has 1 saturated heterocycles. The molecule has 2 aliphatic rings. The highest BCUT2D eigenvalue weighted by Gasteiger charge is 2.33. The first-order valence-corrected chi connectivity index (χ1v) is 10.7. The van der Waals surface area contributed by atoms with E-state index < -0.39 is 5.60 Å². The Kier molecular flexibility index (Phi) is 8.18. The average Bonchev–Trinajstić information content (AvgIpc) is 3.02. The van der Waals surface area contributed by atoms with E-state index >= 15 is 0 Å². The van der Waals surface area contributed by atoms with Crippen molar-refractivity contribution in [3.05, 3.63) is 17.7 Å². The zero-order valence-corrected chi connectivity index (χ0v) is 18.1. The summed E-state index contributed by atoms with van der Waals surface area (Å²) in [7, 11) is 3.28. The first-order valence-electron chi connectivity index (χ1n) is 10.7. The van der Waals surface area contributed by atoms with Crippen molar-refractivity contribution in [2.24, 2.45) is 0 Å². The van der Waals surface area contributed by atoms with Crippen molar-refractivity contribution >= 4 is 5.91 Å². The summed E-state index contributed by atoms with van der Waals surface area (Å²) >= 11 is 0. The SMILES string of the molecule is COCCCCN1CCC(O)(CNC(=O)c2ccc(OC)c3c2OCCCO3)CC1. The Morgan fingerprint density at radius 1 is 1.17 bits per heavy atom. The minimum atomic E-state index is -0.889. The number of rotatable bonds is 9. The van der Waals surface area contributed by atoms with Crippen LogP contribution in [0.5, 0.6) is 17.2 Å². The highest BCUT2D eigenvalue weighted by Crippen LogP contribution is 2.41. The number of aliphatic hydroxyl groups is 1. The zero-order chi connectivity index (χ0) is 21.4. The van der Waals surface area contributed by atoms with E-state index in [0.29, 0.717) is 48.9 Å². The lowest BCUT2D eigenvalue weighted by Gasteiger charge is -2.38. The summed E-state index contributed by atoms with van der Waals surface area (Å²) in [5.41, 5.74) is -0.494. The molecule has 1 fully saturated rings. The Balaban J connectivity index is 1.55. The third-order valence-corrected chi connectivity index (χ3v) is 5.76. The van der Waals surface area contributed by atoms with Crippen LogP contribution in [0.3, 0.4) is 0 Å². The Labute approximate surface area is 178 Å². The summed E-state index contributed by atoms with van der Waals surface area (Å²) in [5, 5.41) is 13.8. The molecule has 8 heteroatoms. The Hall–Kier alpha value is -2.03. The number of unbranched alkanes of at least 4 members (excludes halogenated alkanes) is 1. The number of piperidine rings is 1. The molecular formula is C22H34N2O6. The lowest BCUT2D eigenvalue weighted by atomic mass is 9.91. The minimum absolute atomic E-state index is 0.213. The topological polar surface area (TPSA) is 89.5 Å². The number of ether oxygens (including phenoxy) is 4. The van der Waals surface area contributed by atoms with Crippen LogP contribution in [0.4, 0.5) is 0 Å². The third-order valence-electron chi connectivity index (χ3n) is 5.76. The lowest BCUT2D eigenvalue weighted by molar-refractivity contribution is -0.0194. The molecule has 0 spiro atoms. The van der Waals surface area contributed by atoms with Crippen molar-refractivity contribution in [3.8, 4) is 17.2 Å². The molecule has 1 amide bonds. The second kappa shape index (κ2) is 10.8. The quantitative estimate of drug-likeness (QED) is 0.587. The monoisotopic (exact) mass is 422 g/mol. The fraction of sp³-hybridized carbons (Fsp3) is 0.682. The van der Waals surface area contributed by atoms with Crippen LogP contribution >= 0.6 is 0 Å². The fourth-order valence-electron chi connectivity index (χ4n) is 3.86. The van der Waals surface area contributed by atoms with Gasteiger partial charge in [-0.1, -0.05) is 0 Å². The second-order valence-corrected chi connectivity index (χ2v) is 7.97. The smallest absolute Gasteiger partial charge is 0.255 e. The van der Waals surface area contributed by atoms with E-state index in [-0.39, 0.29) is 12.5 Å². The first kappa shape index (κ1) is 22.7. The van der Waals surface area contributed by atoms with Crippen LogP contribution < -0.4 is 19.5 Å². The van der Waals surface area contributed by atoms with Crippen LogP contribution in [0, 0.1) is 0 Å². The van der Waals surface area contributed by atoms with Gasteiger partial charge in [0.15, 0.2) is 11.5 Å². The van der Waals surface area contributed by atoms with Crippen LogP contribution in [0.2, 0.25) is 0 Å². The predicted octanol–water partition coefficient (Wildman–Crippen LogP) is 1.84. The molecule has 0 saturated carbocycles. The summed E-state index contributed by atoms with van der Waals surface area (Å²) in [5.74, 6) is 1.13. The van der Waals surface area contributed by atoms with Crippen molar-refractivity contribution in [1.82, 2.24) is 10.2 Å².